The van der Waals surface area contributed by atoms with Gasteiger partial charge in [-0.25, -0.2) is 9.97 Å². The highest BCUT2D eigenvalue weighted by atomic mass is 16.5. The molecule has 0 spiro atoms. The van der Waals surface area contributed by atoms with Crippen LogP contribution in [0.4, 0.5) is 23.0 Å². The maximum Gasteiger partial charge on any atom is 0.130 e. The Bertz CT molecular complexity index is 1200. The highest BCUT2D eigenvalue weighted by Gasteiger charge is 2.36. The van der Waals surface area contributed by atoms with Crippen molar-refractivity contribution >= 4 is 28.6 Å². The fourth-order valence-corrected chi connectivity index (χ4v) is 6.74. The SMILES string of the molecule is CC1(C)CCC=C1c1cnc(N2CCOCC2)cc1N.CC1(C)CCCC1c1cnc(N2CCOCC2)cc1N. The molecule has 0 aromatic carbocycles. The summed E-state index contributed by atoms with van der Waals surface area (Å²) in [5, 5.41) is 0. The molecule has 1 atom stereocenters. The minimum atomic E-state index is 0.205. The lowest BCUT2D eigenvalue weighted by atomic mass is 9.78. The van der Waals surface area contributed by atoms with Gasteiger partial charge in [0.2, 0.25) is 0 Å². The van der Waals surface area contributed by atoms with Gasteiger partial charge in [-0.1, -0.05) is 40.2 Å². The van der Waals surface area contributed by atoms with Gasteiger partial charge >= 0.3 is 0 Å². The average Bonchev–Trinajstić information content (AvgIpc) is 3.49. The summed E-state index contributed by atoms with van der Waals surface area (Å²) in [6.45, 7) is 15.9. The fourth-order valence-electron chi connectivity index (χ4n) is 6.74. The maximum atomic E-state index is 6.33. The van der Waals surface area contributed by atoms with Crippen LogP contribution in [0, 0.1) is 10.8 Å². The van der Waals surface area contributed by atoms with Crippen molar-refractivity contribution in [1.29, 1.82) is 0 Å². The number of morpholine rings is 2. The second-order valence-electron chi connectivity index (χ2n) is 13.0. The maximum absolute atomic E-state index is 6.33. The molecule has 0 radical (unpaired) electrons. The van der Waals surface area contributed by atoms with Crippen LogP contribution in [-0.2, 0) is 9.47 Å². The normalized spacial score (nSPS) is 23.9. The van der Waals surface area contributed by atoms with Gasteiger partial charge in [0.05, 0.1) is 26.4 Å². The summed E-state index contributed by atoms with van der Waals surface area (Å²) in [6, 6.07) is 4.06. The van der Waals surface area contributed by atoms with Crippen molar-refractivity contribution in [2.75, 3.05) is 73.9 Å². The van der Waals surface area contributed by atoms with Crippen molar-refractivity contribution < 1.29 is 9.47 Å². The Hall–Kier alpha value is -2.84. The second-order valence-corrected chi connectivity index (χ2v) is 13.0. The molecule has 40 heavy (non-hydrogen) atoms. The van der Waals surface area contributed by atoms with E-state index in [0.717, 1.165) is 87.6 Å². The Balaban J connectivity index is 0.000000161. The number of nitrogens with two attached hydrogens (primary N) is 2. The number of pyridine rings is 2. The van der Waals surface area contributed by atoms with Crippen LogP contribution < -0.4 is 21.3 Å². The van der Waals surface area contributed by atoms with E-state index in [0.29, 0.717) is 11.3 Å². The van der Waals surface area contributed by atoms with E-state index >= 15 is 0 Å². The number of nitrogen functional groups attached to an aromatic ring is 2. The van der Waals surface area contributed by atoms with Crippen molar-refractivity contribution in [2.24, 2.45) is 10.8 Å². The number of anilines is 4. The van der Waals surface area contributed by atoms with E-state index in [2.05, 4.69) is 59.6 Å². The minimum Gasteiger partial charge on any atom is -0.398 e. The van der Waals surface area contributed by atoms with Gasteiger partial charge in [-0.2, -0.15) is 0 Å². The van der Waals surface area contributed by atoms with E-state index < -0.39 is 0 Å². The van der Waals surface area contributed by atoms with E-state index in [1.165, 1.54) is 36.8 Å². The van der Waals surface area contributed by atoms with Crippen LogP contribution in [-0.4, -0.2) is 62.6 Å². The molecule has 6 rings (SSSR count). The molecule has 4 aliphatic rings. The molecular weight excluding hydrogens is 500 g/mol. The van der Waals surface area contributed by atoms with E-state index in [1.807, 2.05) is 18.5 Å². The molecule has 0 bridgehead atoms. The Kier molecular flexibility index (Phi) is 8.57. The fraction of sp³-hybridized carbons (Fsp3) is 0.625. The lowest BCUT2D eigenvalue weighted by molar-refractivity contribution is 0.122. The predicted molar refractivity (Wildman–Crippen MR) is 165 cm³/mol. The molecule has 2 aromatic rings. The number of rotatable bonds is 4. The van der Waals surface area contributed by atoms with Gasteiger partial charge in [-0.15, -0.1) is 0 Å². The summed E-state index contributed by atoms with van der Waals surface area (Å²) in [4.78, 5) is 13.8. The van der Waals surface area contributed by atoms with Gasteiger partial charge < -0.3 is 30.7 Å². The first-order valence-corrected chi connectivity index (χ1v) is 15.0. The van der Waals surface area contributed by atoms with Gasteiger partial charge in [-0.05, 0) is 53.6 Å². The standard InChI is InChI=1S/C16H25N3O.C16H23N3O/c2*1-16(2)5-3-4-13(16)12-11-18-15(10-14(12)17)19-6-8-20-9-7-19/h10-11,13H,3-9H2,1-2H3,(H2,17,18);4,10-11H,3,5-9H2,1-2H3,(H2,17,18). The van der Waals surface area contributed by atoms with E-state index in [4.69, 9.17) is 20.9 Å². The molecule has 2 saturated heterocycles. The minimum absolute atomic E-state index is 0.205. The molecule has 4 heterocycles. The number of hydrogen-bond donors (Lipinski definition) is 2. The Labute approximate surface area is 240 Å². The van der Waals surface area contributed by atoms with E-state index in [1.54, 1.807) is 0 Å². The molecule has 4 N–H and O–H groups in total. The van der Waals surface area contributed by atoms with Crippen LogP contribution in [0.2, 0.25) is 0 Å². The van der Waals surface area contributed by atoms with Gasteiger partial charge in [-0.3, -0.25) is 0 Å². The first kappa shape index (κ1) is 28.7. The van der Waals surface area contributed by atoms with Crippen molar-refractivity contribution in [3.05, 3.63) is 41.7 Å². The molecule has 2 aliphatic carbocycles. The number of aromatic nitrogens is 2. The van der Waals surface area contributed by atoms with E-state index in [-0.39, 0.29) is 5.41 Å². The summed E-state index contributed by atoms with van der Waals surface area (Å²) < 4.78 is 10.8. The number of allylic oxidation sites excluding steroid dienone is 2. The van der Waals surface area contributed by atoms with Gasteiger partial charge in [0.25, 0.3) is 0 Å². The molecule has 1 unspecified atom stereocenters. The molecular formula is C32H48N6O2. The highest BCUT2D eigenvalue weighted by Crippen LogP contribution is 2.50. The second kappa shape index (κ2) is 12.0. The zero-order valence-corrected chi connectivity index (χ0v) is 24.9. The summed E-state index contributed by atoms with van der Waals surface area (Å²) in [7, 11) is 0. The summed E-state index contributed by atoms with van der Waals surface area (Å²) in [5.41, 5.74) is 18.6. The van der Waals surface area contributed by atoms with Gasteiger partial charge in [0.15, 0.2) is 0 Å². The van der Waals surface area contributed by atoms with Crippen molar-refractivity contribution in [3.63, 3.8) is 0 Å². The number of hydrogen-bond acceptors (Lipinski definition) is 8. The average molecular weight is 549 g/mol. The monoisotopic (exact) mass is 548 g/mol. The van der Waals surface area contributed by atoms with Crippen LogP contribution in [0.3, 0.4) is 0 Å². The first-order valence-electron chi connectivity index (χ1n) is 15.0. The lowest BCUT2D eigenvalue weighted by Gasteiger charge is -2.30. The van der Waals surface area contributed by atoms with Gasteiger partial charge in [0, 0.05) is 67.6 Å². The third-order valence-electron chi connectivity index (χ3n) is 9.32. The Morgan fingerprint density at radius 3 is 1.85 bits per heavy atom. The van der Waals surface area contributed by atoms with Gasteiger partial charge in [0.1, 0.15) is 11.6 Å². The topological polar surface area (TPSA) is 103 Å². The quantitative estimate of drug-likeness (QED) is 0.517. The van der Waals surface area contributed by atoms with Crippen molar-refractivity contribution in [2.45, 2.75) is 65.7 Å². The molecule has 8 heteroatoms. The van der Waals surface area contributed by atoms with Crippen LogP contribution in [0.1, 0.15) is 76.8 Å². The number of nitrogens with zero attached hydrogens (tertiary/aromatic N) is 4. The lowest BCUT2D eigenvalue weighted by Crippen LogP contribution is -2.36. The third kappa shape index (κ3) is 6.23. The molecule has 2 aliphatic heterocycles. The Morgan fingerprint density at radius 1 is 0.800 bits per heavy atom. The van der Waals surface area contributed by atoms with Crippen LogP contribution >= 0.6 is 0 Å². The van der Waals surface area contributed by atoms with Crippen LogP contribution in [0.5, 0.6) is 0 Å². The van der Waals surface area contributed by atoms with Crippen molar-refractivity contribution in [1.82, 2.24) is 9.97 Å². The molecule has 1 saturated carbocycles. The molecule has 0 amide bonds. The predicted octanol–water partition coefficient (Wildman–Crippen LogP) is 5.50. The summed E-state index contributed by atoms with van der Waals surface area (Å²) >= 11 is 0. The summed E-state index contributed by atoms with van der Waals surface area (Å²) in [5.74, 6) is 2.50. The first-order chi connectivity index (χ1) is 19.2. The molecule has 218 valence electrons. The molecule has 2 aromatic heterocycles. The smallest absolute Gasteiger partial charge is 0.130 e. The third-order valence-corrected chi connectivity index (χ3v) is 9.32. The largest absolute Gasteiger partial charge is 0.398 e. The summed E-state index contributed by atoms with van der Waals surface area (Å²) in [6.07, 6.45) is 12.4. The molecule has 8 nitrogen and oxygen atoms in total. The number of ether oxygens (including phenoxy) is 2. The molecule has 3 fully saturated rings. The van der Waals surface area contributed by atoms with Crippen molar-refractivity contribution in [3.8, 4) is 0 Å². The van der Waals surface area contributed by atoms with E-state index in [9.17, 15) is 0 Å². The zero-order chi connectivity index (χ0) is 28.3. The van der Waals surface area contributed by atoms with Crippen LogP contribution in [0.25, 0.3) is 5.57 Å². The zero-order valence-electron chi connectivity index (χ0n) is 24.9. The van der Waals surface area contributed by atoms with Crippen LogP contribution in [0.15, 0.2) is 30.6 Å². The Morgan fingerprint density at radius 2 is 1.38 bits per heavy atom. The highest BCUT2D eigenvalue weighted by molar-refractivity contribution is 5.80.